The predicted octanol–water partition coefficient (Wildman–Crippen LogP) is 3.57. The molecule has 1 heterocycles. The van der Waals surface area contributed by atoms with Crippen molar-refractivity contribution in [1.29, 1.82) is 0 Å². The summed E-state index contributed by atoms with van der Waals surface area (Å²) in [5, 5.41) is 5.58. The number of nitrogens with one attached hydrogen (secondary N) is 2. The molecule has 0 radical (unpaired) electrons. The highest BCUT2D eigenvalue weighted by molar-refractivity contribution is 6.00. The van der Waals surface area contributed by atoms with Crippen LogP contribution in [0.5, 0.6) is 0 Å². The monoisotopic (exact) mass is 438 g/mol. The zero-order valence-electron chi connectivity index (χ0n) is 18.1. The molecular formula is C24H26N2O6. The van der Waals surface area contributed by atoms with Gasteiger partial charge in [-0.05, 0) is 56.5 Å². The Balaban J connectivity index is 1.67. The van der Waals surface area contributed by atoms with Crippen molar-refractivity contribution in [3.63, 3.8) is 0 Å². The minimum absolute atomic E-state index is 0.106. The number of anilines is 2. The van der Waals surface area contributed by atoms with Crippen LogP contribution in [-0.2, 0) is 25.5 Å². The zero-order valence-corrected chi connectivity index (χ0v) is 18.1. The maximum atomic E-state index is 12.5. The van der Waals surface area contributed by atoms with Gasteiger partial charge in [-0.15, -0.1) is 0 Å². The van der Waals surface area contributed by atoms with Crippen molar-refractivity contribution in [2.75, 3.05) is 23.8 Å². The average molecular weight is 438 g/mol. The van der Waals surface area contributed by atoms with E-state index < -0.39 is 11.9 Å². The number of rotatable bonds is 8. The van der Waals surface area contributed by atoms with Crippen LogP contribution in [0.4, 0.5) is 11.4 Å². The first-order valence-electron chi connectivity index (χ1n) is 10.6. The SMILES string of the molecule is CCOC(=O)c1cc(NC(=O)CCC2Cc3ccccc3NC2=O)cc(C(=O)OCC)c1. The fourth-order valence-corrected chi connectivity index (χ4v) is 3.54. The van der Waals surface area contributed by atoms with Crippen molar-refractivity contribution >= 4 is 35.1 Å². The minimum Gasteiger partial charge on any atom is -0.462 e. The highest BCUT2D eigenvalue weighted by atomic mass is 16.5. The Hall–Kier alpha value is -3.68. The van der Waals surface area contributed by atoms with Crippen LogP contribution in [0.2, 0.25) is 0 Å². The molecular weight excluding hydrogens is 412 g/mol. The van der Waals surface area contributed by atoms with Crippen LogP contribution in [0, 0.1) is 5.92 Å². The highest BCUT2D eigenvalue weighted by Gasteiger charge is 2.26. The van der Waals surface area contributed by atoms with Crippen molar-refractivity contribution in [2.24, 2.45) is 5.92 Å². The Bertz CT molecular complexity index is 997. The van der Waals surface area contributed by atoms with E-state index in [1.807, 2.05) is 24.3 Å². The summed E-state index contributed by atoms with van der Waals surface area (Å²) in [6, 6.07) is 11.9. The summed E-state index contributed by atoms with van der Waals surface area (Å²) in [6.07, 6.45) is 1.05. The maximum Gasteiger partial charge on any atom is 0.338 e. The fourth-order valence-electron chi connectivity index (χ4n) is 3.54. The predicted molar refractivity (Wildman–Crippen MR) is 118 cm³/mol. The number of para-hydroxylation sites is 1. The Labute approximate surface area is 186 Å². The molecule has 0 saturated carbocycles. The van der Waals surface area contributed by atoms with Gasteiger partial charge in [0.25, 0.3) is 0 Å². The van der Waals surface area contributed by atoms with E-state index in [0.29, 0.717) is 12.8 Å². The van der Waals surface area contributed by atoms with Crippen LogP contribution in [0.1, 0.15) is 53.0 Å². The number of carbonyl (C=O) groups is 4. The number of hydrogen-bond donors (Lipinski definition) is 2. The van der Waals surface area contributed by atoms with Crippen molar-refractivity contribution in [1.82, 2.24) is 0 Å². The van der Waals surface area contributed by atoms with E-state index in [0.717, 1.165) is 11.3 Å². The summed E-state index contributed by atoms with van der Waals surface area (Å²) < 4.78 is 10.0. The van der Waals surface area contributed by atoms with E-state index in [2.05, 4.69) is 10.6 Å². The van der Waals surface area contributed by atoms with Crippen molar-refractivity contribution in [2.45, 2.75) is 33.1 Å². The Morgan fingerprint density at radius 3 is 2.25 bits per heavy atom. The number of carbonyl (C=O) groups excluding carboxylic acids is 4. The second kappa shape index (κ2) is 10.6. The van der Waals surface area contributed by atoms with Gasteiger partial charge in [0.2, 0.25) is 11.8 Å². The quantitative estimate of drug-likeness (QED) is 0.610. The molecule has 0 bridgehead atoms. The molecule has 2 aromatic carbocycles. The molecule has 168 valence electrons. The summed E-state index contributed by atoms with van der Waals surface area (Å²) in [7, 11) is 0. The third-order valence-corrected chi connectivity index (χ3v) is 5.07. The number of benzene rings is 2. The first-order valence-corrected chi connectivity index (χ1v) is 10.6. The number of esters is 2. The van der Waals surface area contributed by atoms with Gasteiger partial charge in [-0.25, -0.2) is 9.59 Å². The number of amides is 2. The van der Waals surface area contributed by atoms with Crippen molar-refractivity contribution in [3.8, 4) is 0 Å². The molecule has 0 spiro atoms. The van der Waals surface area contributed by atoms with E-state index in [1.165, 1.54) is 18.2 Å². The zero-order chi connectivity index (χ0) is 23.1. The Morgan fingerprint density at radius 2 is 1.62 bits per heavy atom. The molecule has 8 heteroatoms. The van der Waals surface area contributed by atoms with Crippen LogP contribution in [0.3, 0.4) is 0 Å². The van der Waals surface area contributed by atoms with Gasteiger partial charge in [0.05, 0.1) is 24.3 Å². The third-order valence-electron chi connectivity index (χ3n) is 5.07. The summed E-state index contributed by atoms with van der Waals surface area (Å²) in [4.78, 5) is 49.2. The molecule has 0 fully saturated rings. The Morgan fingerprint density at radius 1 is 1.00 bits per heavy atom. The molecule has 0 aliphatic carbocycles. The van der Waals surface area contributed by atoms with Crippen molar-refractivity contribution < 1.29 is 28.7 Å². The average Bonchev–Trinajstić information content (AvgIpc) is 2.77. The van der Waals surface area contributed by atoms with E-state index in [9.17, 15) is 19.2 Å². The second-order valence-corrected chi connectivity index (χ2v) is 7.37. The summed E-state index contributed by atoms with van der Waals surface area (Å²) in [6.45, 7) is 3.71. The molecule has 0 saturated heterocycles. The van der Waals surface area contributed by atoms with Crippen LogP contribution < -0.4 is 10.6 Å². The van der Waals surface area contributed by atoms with Gasteiger partial charge < -0.3 is 20.1 Å². The van der Waals surface area contributed by atoms with Gasteiger partial charge in [0.15, 0.2) is 0 Å². The molecule has 2 aromatic rings. The molecule has 8 nitrogen and oxygen atoms in total. The molecule has 3 rings (SSSR count). The molecule has 1 aliphatic heterocycles. The lowest BCUT2D eigenvalue weighted by Gasteiger charge is -2.24. The van der Waals surface area contributed by atoms with E-state index in [-0.39, 0.29) is 54.2 Å². The highest BCUT2D eigenvalue weighted by Crippen LogP contribution is 2.27. The first-order chi connectivity index (χ1) is 15.4. The van der Waals surface area contributed by atoms with Crippen molar-refractivity contribution in [3.05, 3.63) is 59.2 Å². The number of hydrogen-bond acceptors (Lipinski definition) is 6. The van der Waals surface area contributed by atoms with Gasteiger partial charge in [0, 0.05) is 23.7 Å². The Kier molecular flexibility index (Phi) is 7.59. The lowest BCUT2D eigenvalue weighted by molar-refractivity contribution is -0.121. The van der Waals surface area contributed by atoms with Gasteiger partial charge in [0.1, 0.15) is 0 Å². The lowest BCUT2D eigenvalue weighted by Crippen LogP contribution is -2.30. The summed E-state index contributed by atoms with van der Waals surface area (Å²) >= 11 is 0. The van der Waals surface area contributed by atoms with E-state index >= 15 is 0 Å². The number of fused-ring (bicyclic) bond motifs is 1. The lowest BCUT2D eigenvalue weighted by atomic mass is 9.89. The normalized spacial score (nSPS) is 14.7. The van der Waals surface area contributed by atoms with Gasteiger partial charge in [-0.1, -0.05) is 18.2 Å². The standard InChI is InChI=1S/C24H26N2O6/c1-3-31-23(29)17-12-18(24(30)32-4-2)14-19(13-17)25-21(27)10-9-16-11-15-7-5-6-8-20(15)26-22(16)28/h5-8,12-14,16H,3-4,9-11H2,1-2H3,(H,25,27)(H,26,28). The second-order valence-electron chi connectivity index (χ2n) is 7.37. The first kappa shape index (κ1) is 23.0. The van der Waals surface area contributed by atoms with E-state index in [1.54, 1.807) is 13.8 Å². The number of ether oxygens (including phenoxy) is 2. The van der Waals surface area contributed by atoms with Crippen LogP contribution in [0.25, 0.3) is 0 Å². The molecule has 2 amide bonds. The summed E-state index contributed by atoms with van der Waals surface area (Å²) in [5.41, 5.74) is 2.40. The largest absolute Gasteiger partial charge is 0.462 e. The molecule has 1 atom stereocenters. The molecule has 1 unspecified atom stereocenters. The smallest absolute Gasteiger partial charge is 0.338 e. The van der Waals surface area contributed by atoms with E-state index in [4.69, 9.17) is 9.47 Å². The molecule has 1 aliphatic rings. The molecule has 2 N–H and O–H groups in total. The summed E-state index contributed by atoms with van der Waals surface area (Å²) in [5.74, 6) is -1.95. The third kappa shape index (κ3) is 5.72. The van der Waals surface area contributed by atoms with Gasteiger partial charge in [-0.3, -0.25) is 9.59 Å². The molecule has 32 heavy (non-hydrogen) atoms. The van der Waals surface area contributed by atoms with Crippen LogP contribution in [0.15, 0.2) is 42.5 Å². The fraction of sp³-hybridized carbons (Fsp3) is 0.333. The maximum absolute atomic E-state index is 12.5. The van der Waals surface area contributed by atoms with Crippen LogP contribution >= 0.6 is 0 Å². The molecule has 0 aromatic heterocycles. The van der Waals surface area contributed by atoms with Crippen LogP contribution in [-0.4, -0.2) is 37.0 Å². The van der Waals surface area contributed by atoms with Gasteiger partial charge >= 0.3 is 11.9 Å². The minimum atomic E-state index is -0.605. The topological polar surface area (TPSA) is 111 Å². The van der Waals surface area contributed by atoms with Gasteiger partial charge in [-0.2, -0.15) is 0 Å².